The third-order valence-corrected chi connectivity index (χ3v) is 9.67. The SMILES string of the molecule is CCC[C@H](NC(=O)[C@@H](NC(=O)[C@H](NC(C)=O)[C@@H](C)CC)[C@@H](C)O)C(=O)N[C@H](C(=O)N[C@@H](CCCN=C(N)N)C(=O)N1CCC[C@@H]1C(=O)NCC)[C@@H](C)CC. The maximum Gasteiger partial charge on any atom is 0.245 e. The molecule has 0 aliphatic carbocycles. The van der Waals surface area contributed by atoms with Gasteiger partial charge in [0.25, 0.3) is 0 Å². The van der Waals surface area contributed by atoms with Crippen molar-refractivity contribution in [2.24, 2.45) is 28.3 Å². The van der Waals surface area contributed by atoms with E-state index < -0.39 is 83.7 Å². The highest BCUT2D eigenvalue weighted by atomic mass is 16.3. The number of aliphatic imine (C=N–C) groups is 1. The molecule has 1 aliphatic heterocycles. The fourth-order valence-electron chi connectivity index (χ4n) is 6.16. The van der Waals surface area contributed by atoms with Gasteiger partial charge in [-0.3, -0.25) is 38.6 Å². The lowest BCUT2D eigenvalue weighted by molar-refractivity contribution is -0.142. The summed E-state index contributed by atoms with van der Waals surface area (Å²) in [5, 5.41) is 26.5. The predicted molar refractivity (Wildman–Crippen MR) is 204 cm³/mol. The number of likely N-dealkylation sites (tertiary alicyclic amines) is 1. The van der Waals surface area contributed by atoms with E-state index >= 15 is 0 Å². The molecular formula is C36H66N10O8. The van der Waals surface area contributed by atoms with Crippen molar-refractivity contribution < 1.29 is 38.7 Å². The minimum Gasteiger partial charge on any atom is -0.391 e. The summed E-state index contributed by atoms with van der Waals surface area (Å²) in [5.41, 5.74) is 10.9. The molecule has 0 spiro atoms. The van der Waals surface area contributed by atoms with Crippen LogP contribution in [0.25, 0.3) is 0 Å². The first-order valence-corrected chi connectivity index (χ1v) is 19.2. The van der Waals surface area contributed by atoms with Gasteiger partial charge in [0.2, 0.25) is 41.4 Å². The first kappa shape index (κ1) is 47.5. The monoisotopic (exact) mass is 767 g/mol. The Bertz CT molecular complexity index is 1310. The minimum absolute atomic E-state index is 0.117. The number of nitrogens with one attached hydrogen (secondary N) is 6. The fourth-order valence-corrected chi connectivity index (χ4v) is 6.16. The number of hydrogen-bond donors (Lipinski definition) is 9. The van der Waals surface area contributed by atoms with Gasteiger partial charge < -0.3 is 53.4 Å². The Balaban J connectivity index is 3.29. The van der Waals surface area contributed by atoms with Crippen LogP contribution in [0, 0.1) is 11.8 Å². The van der Waals surface area contributed by atoms with Crippen LogP contribution >= 0.6 is 0 Å². The first-order chi connectivity index (χ1) is 25.4. The van der Waals surface area contributed by atoms with E-state index in [1.807, 2.05) is 13.8 Å². The molecule has 1 heterocycles. The predicted octanol–water partition coefficient (Wildman–Crippen LogP) is -1.12. The number of nitrogens with two attached hydrogens (primary N) is 2. The molecular weight excluding hydrogens is 700 g/mol. The zero-order valence-corrected chi connectivity index (χ0v) is 33.3. The van der Waals surface area contributed by atoms with Crippen LogP contribution in [-0.2, 0) is 33.6 Å². The van der Waals surface area contributed by atoms with Gasteiger partial charge in [-0.05, 0) is 57.8 Å². The number of guanidine groups is 1. The van der Waals surface area contributed by atoms with Gasteiger partial charge in [-0.1, -0.05) is 53.9 Å². The molecule has 7 amide bonds. The summed E-state index contributed by atoms with van der Waals surface area (Å²) in [7, 11) is 0. The van der Waals surface area contributed by atoms with E-state index in [2.05, 4.69) is 36.9 Å². The first-order valence-electron chi connectivity index (χ1n) is 19.2. The highest BCUT2D eigenvalue weighted by Gasteiger charge is 2.39. The second-order valence-corrected chi connectivity index (χ2v) is 14.1. The molecule has 1 saturated heterocycles. The highest BCUT2D eigenvalue weighted by molar-refractivity contribution is 5.97. The lowest BCUT2D eigenvalue weighted by atomic mass is 9.96. The number of carbonyl (C=O) groups excluding carboxylic acids is 7. The second kappa shape index (κ2) is 24.0. The van der Waals surface area contributed by atoms with Crippen molar-refractivity contribution in [3.63, 3.8) is 0 Å². The Morgan fingerprint density at radius 1 is 0.759 bits per heavy atom. The molecule has 0 aromatic heterocycles. The smallest absolute Gasteiger partial charge is 0.245 e. The normalized spacial score (nSPS) is 18.3. The van der Waals surface area contributed by atoms with Crippen molar-refractivity contribution >= 4 is 47.3 Å². The number of amides is 7. The molecule has 0 aromatic rings. The summed E-state index contributed by atoms with van der Waals surface area (Å²) in [6, 6.07) is -6.43. The summed E-state index contributed by atoms with van der Waals surface area (Å²) in [4.78, 5) is 98.4. The van der Waals surface area contributed by atoms with Gasteiger partial charge in [-0.25, -0.2) is 0 Å². The summed E-state index contributed by atoms with van der Waals surface area (Å²) in [6.07, 6.45) is 1.87. The molecule has 0 aromatic carbocycles. The van der Waals surface area contributed by atoms with Crippen LogP contribution in [0.4, 0.5) is 0 Å². The highest BCUT2D eigenvalue weighted by Crippen LogP contribution is 2.20. The van der Waals surface area contributed by atoms with Gasteiger partial charge in [0.15, 0.2) is 5.96 Å². The molecule has 54 heavy (non-hydrogen) atoms. The molecule has 18 heteroatoms. The lowest BCUT2D eigenvalue weighted by Gasteiger charge is -2.31. The summed E-state index contributed by atoms with van der Waals surface area (Å²) >= 11 is 0. The summed E-state index contributed by atoms with van der Waals surface area (Å²) in [6.45, 7) is 14.3. The van der Waals surface area contributed by atoms with Crippen molar-refractivity contribution in [2.75, 3.05) is 19.6 Å². The van der Waals surface area contributed by atoms with Crippen LogP contribution in [0.1, 0.15) is 107 Å². The molecule has 0 bridgehead atoms. The molecule has 1 fully saturated rings. The van der Waals surface area contributed by atoms with Crippen molar-refractivity contribution in [3.8, 4) is 0 Å². The van der Waals surface area contributed by atoms with Gasteiger partial charge in [0, 0.05) is 26.6 Å². The Kier molecular flexibility index (Phi) is 21.2. The lowest BCUT2D eigenvalue weighted by Crippen LogP contribution is -2.62. The Morgan fingerprint density at radius 3 is 1.81 bits per heavy atom. The fraction of sp³-hybridized carbons (Fsp3) is 0.778. The van der Waals surface area contributed by atoms with Gasteiger partial charge in [-0.15, -0.1) is 0 Å². The van der Waals surface area contributed by atoms with Crippen LogP contribution in [0.3, 0.4) is 0 Å². The van der Waals surface area contributed by atoms with Crippen LogP contribution in [0.15, 0.2) is 4.99 Å². The standard InChI is InChI=1S/C36H66N10O8/c1-9-15-24(42-34(53)29(22(7)47)45-33(52)27(20(5)10-2)41-23(8)48)30(49)44-28(21(6)11-3)32(51)43-25(16-13-18-40-36(37)38)35(54)46-19-14-17-26(46)31(50)39-12-4/h20-22,24-29,47H,9-19H2,1-8H3,(H,39,50)(H,41,48)(H,42,53)(H,43,51)(H,44,49)(H,45,52)(H4,37,38,40)/t20-,21-,22+,24-,25-,26+,27+,28-,29-/m0/s1. The van der Waals surface area contributed by atoms with Gasteiger partial charge in [-0.2, -0.15) is 0 Å². The number of hydrogen-bond acceptors (Lipinski definition) is 9. The topological polar surface area (TPSA) is 280 Å². The van der Waals surface area contributed by atoms with Crippen molar-refractivity contribution in [3.05, 3.63) is 0 Å². The molecule has 18 nitrogen and oxygen atoms in total. The van der Waals surface area contributed by atoms with E-state index in [-0.39, 0.29) is 37.2 Å². The van der Waals surface area contributed by atoms with Gasteiger partial charge in [0.05, 0.1) is 6.10 Å². The maximum atomic E-state index is 14.0. The van der Waals surface area contributed by atoms with Crippen molar-refractivity contribution in [2.45, 2.75) is 149 Å². The number of aliphatic hydroxyl groups excluding tert-OH is 1. The second-order valence-electron chi connectivity index (χ2n) is 14.1. The Morgan fingerprint density at radius 2 is 1.30 bits per heavy atom. The number of rotatable bonds is 23. The maximum absolute atomic E-state index is 14.0. The third-order valence-electron chi connectivity index (χ3n) is 9.67. The largest absolute Gasteiger partial charge is 0.391 e. The Hall–Kier alpha value is -4.48. The van der Waals surface area contributed by atoms with E-state index in [1.165, 1.54) is 18.7 Å². The number of aliphatic hydroxyl groups is 1. The number of carbonyl (C=O) groups is 7. The molecule has 0 saturated carbocycles. The van der Waals surface area contributed by atoms with Gasteiger partial charge >= 0.3 is 0 Å². The van der Waals surface area contributed by atoms with E-state index in [1.54, 1.807) is 27.7 Å². The quantitative estimate of drug-likeness (QED) is 0.0343. The van der Waals surface area contributed by atoms with E-state index in [9.17, 15) is 38.7 Å². The van der Waals surface area contributed by atoms with E-state index in [0.29, 0.717) is 51.6 Å². The average Bonchev–Trinajstić information content (AvgIpc) is 3.61. The number of nitrogens with zero attached hydrogens (tertiary/aromatic N) is 2. The number of likely N-dealkylation sites (N-methyl/N-ethyl adjacent to an activating group) is 1. The third kappa shape index (κ3) is 15.1. The van der Waals surface area contributed by atoms with Crippen molar-refractivity contribution in [1.82, 2.24) is 36.8 Å². The summed E-state index contributed by atoms with van der Waals surface area (Å²) < 4.78 is 0. The van der Waals surface area contributed by atoms with Crippen LogP contribution in [-0.4, -0.2) is 119 Å². The van der Waals surface area contributed by atoms with Crippen LogP contribution in [0.2, 0.25) is 0 Å². The molecule has 11 N–H and O–H groups in total. The Labute approximate surface area is 319 Å². The minimum atomic E-state index is -1.46. The van der Waals surface area contributed by atoms with E-state index in [0.717, 1.165) is 0 Å². The zero-order chi connectivity index (χ0) is 41.1. The molecule has 0 radical (unpaired) electrons. The molecule has 308 valence electrons. The van der Waals surface area contributed by atoms with E-state index in [4.69, 9.17) is 11.5 Å². The van der Waals surface area contributed by atoms with Crippen LogP contribution < -0.4 is 43.4 Å². The van der Waals surface area contributed by atoms with Gasteiger partial charge in [0.1, 0.15) is 36.3 Å². The summed E-state index contributed by atoms with van der Waals surface area (Å²) in [5.74, 6) is -4.76. The molecule has 1 rings (SSSR count). The molecule has 1 aliphatic rings. The average molecular weight is 767 g/mol. The zero-order valence-electron chi connectivity index (χ0n) is 33.3. The molecule has 9 atom stereocenters. The molecule has 0 unspecified atom stereocenters. The van der Waals surface area contributed by atoms with Crippen LogP contribution in [0.5, 0.6) is 0 Å². The van der Waals surface area contributed by atoms with Crippen molar-refractivity contribution in [1.29, 1.82) is 0 Å².